The van der Waals surface area contributed by atoms with Crippen molar-refractivity contribution in [1.82, 2.24) is 5.32 Å². The van der Waals surface area contributed by atoms with Gasteiger partial charge in [0.15, 0.2) is 0 Å². The highest BCUT2D eigenvalue weighted by Crippen LogP contribution is 2.12. The molecular formula is C13H27NO3. The van der Waals surface area contributed by atoms with E-state index < -0.39 is 0 Å². The lowest BCUT2D eigenvalue weighted by Gasteiger charge is -2.16. The number of hydrogen-bond acceptors (Lipinski definition) is 4. The van der Waals surface area contributed by atoms with Gasteiger partial charge in [0.25, 0.3) is 0 Å². The fourth-order valence-corrected chi connectivity index (χ4v) is 1.86. The zero-order chi connectivity index (χ0) is 12.3. The molecule has 1 N–H and O–H groups in total. The maximum absolute atomic E-state index is 5.73. The van der Waals surface area contributed by atoms with E-state index >= 15 is 0 Å². The molecule has 0 radical (unpaired) electrons. The summed E-state index contributed by atoms with van der Waals surface area (Å²) < 4.78 is 16.5. The number of nitrogens with one attached hydrogen (secondary N) is 1. The van der Waals surface area contributed by atoms with E-state index in [1.807, 2.05) is 6.92 Å². The lowest BCUT2D eigenvalue weighted by Crippen LogP contribution is -2.30. The Kier molecular flexibility index (Phi) is 8.61. The van der Waals surface area contributed by atoms with Crippen molar-refractivity contribution in [1.29, 1.82) is 0 Å². The minimum absolute atomic E-state index is 0.256. The Hall–Kier alpha value is -0.160. The van der Waals surface area contributed by atoms with Crippen molar-refractivity contribution in [2.45, 2.75) is 45.3 Å². The van der Waals surface area contributed by atoms with Gasteiger partial charge in [-0.1, -0.05) is 0 Å². The van der Waals surface area contributed by atoms with E-state index in [4.69, 9.17) is 14.2 Å². The largest absolute Gasteiger partial charge is 0.382 e. The van der Waals surface area contributed by atoms with Crippen LogP contribution >= 0.6 is 0 Å². The first kappa shape index (κ1) is 14.9. The molecular weight excluding hydrogens is 218 g/mol. The predicted molar refractivity (Wildman–Crippen MR) is 68.4 cm³/mol. The summed E-state index contributed by atoms with van der Waals surface area (Å²) >= 11 is 0. The number of hydrogen-bond donors (Lipinski definition) is 1. The van der Waals surface area contributed by atoms with E-state index in [-0.39, 0.29) is 6.10 Å². The Labute approximate surface area is 105 Å². The van der Waals surface area contributed by atoms with Crippen molar-refractivity contribution in [2.75, 3.05) is 39.5 Å². The third-order valence-electron chi connectivity index (χ3n) is 2.87. The smallest absolute Gasteiger partial charge is 0.0809 e. The molecule has 2 unspecified atom stereocenters. The molecule has 4 heteroatoms. The van der Waals surface area contributed by atoms with Crippen LogP contribution in [0.1, 0.15) is 33.1 Å². The highest BCUT2D eigenvalue weighted by Gasteiger charge is 2.16. The normalized spacial score (nSPS) is 21.9. The van der Waals surface area contributed by atoms with E-state index in [0.717, 1.165) is 52.4 Å². The highest BCUT2D eigenvalue weighted by atomic mass is 16.5. The Bertz CT molecular complexity index is 172. The van der Waals surface area contributed by atoms with Gasteiger partial charge in [-0.2, -0.15) is 0 Å². The lowest BCUT2D eigenvalue weighted by molar-refractivity contribution is -0.0133. The molecule has 1 rings (SSSR count). The molecule has 0 aromatic rings. The second-order valence-electron chi connectivity index (χ2n) is 4.53. The van der Waals surface area contributed by atoms with Crippen molar-refractivity contribution in [3.8, 4) is 0 Å². The van der Waals surface area contributed by atoms with E-state index in [0.29, 0.717) is 6.10 Å². The van der Waals surface area contributed by atoms with Gasteiger partial charge in [0.2, 0.25) is 0 Å². The monoisotopic (exact) mass is 245 g/mol. The summed E-state index contributed by atoms with van der Waals surface area (Å²) in [6, 6.07) is 0. The molecule has 4 nitrogen and oxygen atoms in total. The molecule has 0 aromatic carbocycles. The van der Waals surface area contributed by atoms with Crippen LogP contribution in [0.15, 0.2) is 0 Å². The third-order valence-corrected chi connectivity index (χ3v) is 2.87. The Morgan fingerprint density at radius 1 is 1.47 bits per heavy atom. The maximum atomic E-state index is 5.73. The van der Waals surface area contributed by atoms with Gasteiger partial charge in [0.05, 0.1) is 18.8 Å². The minimum atomic E-state index is 0.256. The average Bonchev–Trinajstić information content (AvgIpc) is 2.84. The first-order valence-corrected chi connectivity index (χ1v) is 6.84. The molecule has 1 aliphatic rings. The molecule has 0 bridgehead atoms. The summed E-state index contributed by atoms with van der Waals surface area (Å²) in [6.45, 7) is 9.31. The molecule has 1 saturated heterocycles. The fraction of sp³-hybridized carbons (Fsp3) is 1.00. The maximum Gasteiger partial charge on any atom is 0.0809 e. The molecule has 0 amide bonds. The summed E-state index contributed by atoms with van der Waals surface area (Å²) in [6.07, 6.45) is 3.97. The van der Waals surface area contributed by atoms with Crippen molar-refractivity contribution < 1.29 is 14.2 Å². The molecule has 1 aliphatic heterocycles. The van der Waals surface area contributed by atoms with Gasteiger partial charge in [-0.3, -0.25) is 0 Å². The molecule has 102 valence electrons. The van der Waals surface area contributed by atoms with Crippen LogP contribution in [0.5, 0.6) is 0 Å². The van der Waals surface area contributed by atoms with Crippen LogP contribution in [0.2, 0.25) is 0 Å². The van der Waals surface area contributed by atoms with Gasteiger partial charge < -0.3 is 19.5 Å². The summed E-state index contributed by atoms with van der Waals surface area (Å²) in [5.74, 6) is 0. The first-order chi connectivity index (χ1) is 8.33. The van der Waals surface area contributed by atoms with Crippen molar-refractivity contribution >= 4 is 0 Å². The van der Waals surface area contributed by atoms with Crippen LogP contribution in [0.25, 0.3) is 0 Å². The second kappa shape index (κ2) is 9.83. The van der Waals surface area contributed by atoms with E-state index in [1.165, 1.54) is 6.42 Å². The predicted octanol–water partition coefficient (Wildman–Crippen LogP) is 1.59. The zero-order valence-electron chi connectivity index (χ0n) is 11.2. The van der Waals surface area contributed by atoms with Gasteiger partial charge in [0, 0.05) is 26.4 Å². The van der Waals surface area contributed by atoms with Crippen LogP contribution < -0.4 is 5.32 Å². The van der Waals surface area contributed by atoms with E-state index in [2.05, 4.69) is 12.2 Å². The fourth-order valence-electron chi connectivity index (χ4n) is 1.86. The standard InChI is InChI=1S/C13H27NO3/c1-3-15-8-5-7-14-10-12(2)17-11-13-6-4-9-16-13/h12-14H,3-11H2,1-2H3. The Balaban J connectivity index is 1.85. The lowest BCUT2D eigenvalue weighted by atomic mass is 10.2. The van der Waals surface area contributed by atoms with Crippen LogP contribution in [-0.2, 0) is 14.2 Å². The molecule has 1 heterocycles. The molecule has 0 aliphatic carbocycles. The summed E-state index contributed by atoms with van der Waals surface area (Å²) in [5, 5.41) is 3.37. The Morgan fingerprint density at radius 3 is 3.06 bits per heavy atom. The van der Waals surface area contributed by atoms with Crippen molar-refractivity contribution in [3.63, 3.8) is 0 Å². The van der Waals surface area contributed by atoms with Crippen molar-refractivity contribution in [3.05, 3.63) is 0 Å². The summed E-state index contributed by atoms with van der Waals surface area (Å²) in [7, 11) is 0. The molecule has 1 fully saturated rings. The SMILES string of the molecule is CCOCCCNCC(C)OCC1CCCO1. The molecule has 0 aromatic heterocycles. The molecule has 2 atom stereocenters. The number of rotatable bonds is 10. The van der Waals surface area contributed by atoms with Crippen LogP contribution in [0.4, 0.5) is 0 Å². The molecule has 0 spiro atoms. The quantitative estimate of drug-likeness (QED) is 0.593. The van der Waals surface area contributed by atoms with Crippen LogP contribution in [0.3, 0.4) is 0 Å². The van der Waals surface area contributed by atoms with Crippen LogP contribution in [-0.4, -0.2) is 51.7 Å². The highest BCUT2D eigenvalue weighted by molar-refractivity contribution is 4.65. The third kappa shape index (κ3) is 7.71. The molecule has 0 saturated carbocycles. The average molecular weight is 245 g/mol. The van der Waals surface area contributed by atoms with Crippen molar-refractivity contribution in [2.24, 2.45) is 0 Å². The topological polar surface area (TPSA) is 39.7 Å². The van der Waals surface area contributed by atoms with Gasteiger partial charge in [-0.05, 0) is 39.7 Å². The first-order valence-electron chi connectivity index (χ1n) is 6.84. The van der Waals surface area contributed by atoms with Crippen LogP contribution in [0, 0.1) is 0 Å². The van der Waals surface area contributed by atoms with Gasteiger partial charge in [0.1, 0.15) is 0 Å². The van der Waals surface area contributed by atoms with Gasteiger partial charge in [-0.15, -0.1) is 0 Å². The molecule has 17 heavy (non-hydrogen) atoms. The Morgan fingerprint density at radius 2 is 2.35 bits per heavy atom. The van der Waals surface area contributed by atoms with Gasteiger partial charge >= 0.3 is 0 Å². The number of ether oxygens (including phenoxy) is 3. The van der Waals surface area contributed by atoms with E-state index in [9.17, 15) is 0 Å². The minimum Gasteiger partial charge on any atom is -0.382 e. The second-order valence-corrected chi connectivity index (χ2v) is 4.53. The van der Waals surface area contributed by atoms with Gasteiger partial charge in [-0.25, -0.2) is 0 Å². The summed E-state index contributed by atoms with van der Waals surface area (Å²) in [5.41, 5.74) is 0. The van der Waals surface area contributed by atoms with E-state index in [1.54, 1.807) is 0 Å². The summed E-state index contributed by atoms with van der Waals surface area (Å²) in [4.78, 5) is 0. The zero-order valence-corrected chi connectivity index (χ0v) is 11.2.